The Hall–Kier alpha value is -1.60. The van der Waals surface area contributed by atoms with E-state index >= 15 is 0 Å². The lowest BCUT2D eigenvalue weighted by atomic mass is 9.97. The van der Waals surface area contributed by atoms with Crippen LogP contribution < -0.4 is 5.32 Å². The summed E-state index contributed by atoms with van der Waals surface area (Å²) in [5.41, 5.74) is 0.0163. The fourth-order valence-corrected chi connectivity index (χ4v) is 2.28. The highest BCUT2D eigenvalue weighted by Gasteiger charge is 2.48. The maximum Gasteiger partial charge on any atom is 0.408 e. The molecule has 0 saturated carbocycles. The Kier molecular flexibility index (Phi) is 5.36. The van der Waals surface area contributed by atoms with Crippen molar-refractivity contribution in [3.63, 3.8) is 0 Å². The van der Waals surface area contributed by atoms with Crippen LogP contribution in [0.2, 0.25) is 0 Å². The second-order valence-electron chi connectivity index (χ2n) is 5.30. The van der Waals surface area contributed by atoms with Crippen LogP contribution in [0.4, 0.5) is 17.6 Å². The second-order valence-corrected chi connectivity index (χ2v) is 5.30. The zero-order valence-electron chi connectivity index (χ0n) is 12.1. The number of nitrogens with zero attached hydrogens (tertiary/aromatic N) is 1. The number of amides is 2. The summed E-state index contributed by atoms with van der Waals surface area (Å²) < 4.78 is 52.6. The van der Waals surface area contributed by atoms with Crippen LogP contribution >= 0.6 is 0 Å². The Bertz CT molecular complexity index is 456. The molecule has 2 amide bonds. The molecule has 4 nitrogen and oxygen atoms in total. The quantitative estimate of drug-likeness (QED) is 0.628. The molecule has 0 aromatic rings. The van der Waals surface area contributed by atoms with Crippen LogP contribution in [0.3, 0.4) is 0 Å². The molecule has 0 spiro atoms. The summed E-state index contributed by atoms with van der Waals surface area (Å²) in [5.74, 6) is -2.87. The molecule has 0 bridgehead atoms. The van der Waals surface area contributed by atoms with Gasteiger partial charge in [-0.25, -0.2) is 4.39 Å². The molecular formula is C13H18F4N2O2. The van der Waals surface area contributed by atoms with Gasteiger partial charge in [-0.15, -0.1) is 0 Å². The number of rotatable bonds is 2. The van der Waals surface area contributed by atoms with Gasteiger partial charge in [0.15, 0.2) is 5.83 Å². The Morgan fingerprint density at radius 2 is 1.71 bits per heavy atom. The fraction of sp³-hybridized carbons (Fsp3) is 0.692. The molecule has 1 fully saturated rings. The third kappa shape index (κ3) is 4.44. The largest absolute Gasteiger partial charge is 0.408 e. The maximum absolute atomic E-state index is 13.7. The zero-order chi connectivity index (χ0) is 16.4. The van der Waals surface area contributed by atoms with Crippen molar-refractivity contribution in [2.24, 2.45) is 0 Å². The first kappa shape index (κ1) is 17.5. The van der Waals surface area contributed by atoms with E-state index in [-0.39, 0.29) is 25.0 Å². The minimum absolute atomic E-state index is 0.0163. The van der Waals surface area contributed by atoms with E-state index in [0.29, 0.717) is 4.90 Å². The summed E-state index contributed by atoms with van der Waals surface area (Å²) in [6, 6.07) is -2.63. The van der Waals surface area contributed by atoms with Crippen molar-refractivity contribution >= 4 is 11.8 Å². The fourth-order valence-electron chi connectivity index (χ4n) is 2.28. The number of hydrogen-bond donors (Lipinski definition) is 1. The Morgan fingerprint density at radius 3 is 2.14 bits per heavy atom. The van der Waals surface area contributed by atoms with Crippen LogP contribution in [-0.4, -0.2) is 41.5 Å². The van der Waals surface area contributed by atoms with Crippen molar-refractivity contribution in [3.05, 3.63) is 11.4 Å². The van der Waals surface area contributed by atoms with E-state index < -0.39 is 35.9 Å². The molecule has 1 aliphatic heterocycles. The molecule has 8 heteroatoms. The number of allylic oxidation sites excluding steroid dienone is 1. The number of carbonyl (C=O) groups excluding carboxylic acids is 2. The first-order valence-electron chi connectivity index (χ1n) is 6.51. The predicted molar refractivity (Wildman–Crippen MR) is 67.9 cm³/mol. The molecule has 1 rings (SSSR count). The van der Waals surface area contributed by atoms with E-state index in [0.717, 1.165) is 0 Å². The molecule has 21 heavy (non-hydrogen) atoms. The lowest BCUT2D eigenvalue weighted by molar-refractivity contribution is -0.196. The summed E-state index contributed by atoms with van der Waals surface area (Å²) in [6.07, 6.45) is -4.90. The van der Waals surface area contributed by atoms with Gasteiger partial charge in [-0.2, -0.15) is 13.2 Å². The molecule has 1 heterocycles. The van der Waals surface area contributed by atoms with Crippen LogP contribution in [0.15, 0.2) is 11.4 Å². The number of nitrogens with one attached hydrogen (secondary N) is 1. The minimum Gasteiger partial charge on any atom is -0.352 e. The second kappa shape index (κ2) is 6.44. The average molecular weight is 310 g/mol. The van der Waals surface area contributed by atoms with Crippen molar-refractivity contribution in [3.8, 4) is 0 Å². The van der Waals surface area contributed by atoms with Gasteiger partial charge in [-0.3, -0.25) is 9.59 Å². The topological polar surface area (TPSA) is 49.4 Å². The van der Waals surface area contributed by atoms with Gasteiger partial charge in [-0.05, 0) is 32.3 Å². The van der Waals surface area contributed by atoms with Gasteiger partial charge in [0.05, 0.1) is 0 Å². The smallest absolute Gasteiger partial charge is 0.352 e. The number of hydrogen-bond acceptors (Lipinski definition) is 2. The third-order valence-corrected chi connectivity index (χ3v) is 3.25. The number of piperidine rings is 1. The highest BCUT2D eigenvalue weighted by molar-refractivity contribution is 5.92. The highest BCUT2D eigenvalue weighted by atomic mass is 19.4. The Morgan fingerprint density at radius 1 is 1.14 bits per heavy atom. The Balaban J connectivity index is 3.02. The maximum atomic E-state index is 13.7. The van der Waals surface area contributed by atoms with Gasteiger partial charge in [0.25, 0.3) is 5.91 Å². The van der Waals surface area contributed by atoms with E-state index in [9.17, 15) is 27.2 Å². The van der Waals surface area contributed by atoms with E-state index in [4.69, 9.17) is 0 Å². The van der Waals surface area contributed by atoms with Gasteiger partial charge in [0.1, 0.15) is 6.04 Å². The van der Waals surface area contributed by atoms with Crippen LogP contribution in [0.25, 0.3) is 0 Å². The van der Waals surface area contributed by atoms with Gasteiger partial charge in [0, 0.05) is 19.5 Å². The first-order chi connectivity index (χ1) is 9.54. The van der Waals surface area contributed by atoms with E-state index in [1.54, 1.807) is 0 Å². The van der Waals surface area contributed by atoms with Crippen molar-refractivity contribution in [2.45, 2.75) is 51.9 Å². The minimum atomic E-state index is -4.63. The van der Waals surface area contributed by atoms with Crippen LogP contribution in [0.1, 0.15) is 33.6 Å². The van der Waals surface area contributed by atoms with Crippen molar-refractivity contribution in [1.82, 2.24) is 10.2 Å². The molecule has 0 aliphatic carbocycles. The van der Waals surface area contributed by atoms with Crippen molar-refractivity contribution < 1.29 is 27.2 Å². The highest BCUT2D eigenvalue weighted by Crippen LogP contribution is 2.33. The molecule has 120 valence electrons. The number of alkyl halides is 3. The van der Waals surface area contributed by atoms with Gasteiger partial charge >= 0.3 is 6.18 Å². The molecular weight excluding hydrogens is 292 g/mol. The number of halogens is 4. The molecule has 2 atom stereocenters. The molecule has 0 aromatic heterocycles. The summed E-state index contributed by atoms with van der Waals surface area (Å²) in [4.78, 5) is 23.4. The zero-order valence-corrected chi connectivity index (χ0v) is 12.1. The average Bonchev–Trinajstić information content (AvgIpc) is 2.34. The molecule has 0 radical (unpaired) electrons. The van der Waals surface area contributed by atoms with Crippen molar-refractivity contribution in [1.29, 1.82) is 0 Å². The summed E-state index contributed by atoms with van der Waals surface area (Å²) in [6.45, 7) is 3.50. The van der Waals surface area contributed by atoms with Gasteiger partial charge in [0.2, 0.25) is 5.91 Å². The first-order valence-corrected chi connectivity index (χ1v) is 6.51. The SMILES string of the molecule is CC(=O)N[C@H]1CC[C@H](C(F)(F)F)N(C(=O)C(F)=C(C)C)C1. The predicted octanol–water partition coefficient (Wildman–Crippen LogP) is 2.31. The normalized spacial score (nSPS) is 22.7. The number of likely N-dealkylation sites (tertiary alicyclic amines) is 1. The van der Waals surface area contributed by atoms with Gasteiger partial charge < -0.3 is 10.2 Å². The lowest BCUT2D eigenvalue weighted by Crippen LogP contribution is -2.58. The third-order valence-electron chi connectivity index (χ3n) is 3.25. The number of carbonyl (C=O) groups is 2. The van der Waals surface area contributed by atoms with E-state index in [2.05, 4.69) is 5.32 Å². The van der Waals surface area contributed by atoms with Crippen LogP contribution in [0, 0.1) is 0 Å². The monoisotopic (exact) mass is 310 g/mol. The molecule has 0 aromatic carbocycles. The summed E-state index contributed by atoms with van der Waals surface area (Å²) in [7, 11) is 0. The van der Waals surface area contributed by atoms with Crippen molar-refractivity contribution in [2.75, 3.05) is 6.54 Å². The Labute approximate surface area is 120 Å². The van der Waals surface area contributed by atoms with Gasteiger partial charge in [-0.1, -0.05) is 0 Å². The molecule has 1 saturated heterocycles. The molecule has 0 unspecified atom stereocenters. The standard InChI is InChI=1S/C13H18F4N2O2/c1-7(2)11(14)12(21)19-6-9(18-8(3)20)4-5-10(19)13(15,16)17/h9-10H,4-6H2,1-3H3,(H,18,20)/t9-,10+/m0/s1. The summed E-state index contributed by atoms with van der Waals surface area (Å²) >= 11 is 0. The molecule has 1 aliphatic rings. The lowest BCUT2D eigenvalue weighted by Gasteiger charge is -2.40. The van der Waals surface area contributed by atoms with E-state index in [1.165, 1.54) is 20.8 Å². The van der Waals surface area contributed by atoms with E-state index in [1.807, 2.05) is 0 Å². The molecule has 1 N–H and O–H groups in total. The van der Waals surface area contributed by atoms with Crippen LogP contribution in [-0.2, 0) is 9.59 Å². The van der Waals surface area contributed by atoms with Crippen LogP contribution in [0.5, 0.6) is 0 Å². The summed E-state index contributed by atoms with van der Waals surface area (Å²) in [5, 5.41) is 2.47.